The summed E-state index contributed by atoms with van der Waals surface area (Å²) in [5.74, 6) is 1.05. The van der Waals surface area contributed by atoms with Gasteiger partial charge in [0.1, 0.15) is 12.4 Å². The van der Waals surface area contributed by atoms with Gasteiger partial charge in [-0.05, 0) is 64.7 Å². The number of nitrogens with one attached hydrogen (secondary N) is 2. The third kappa shape index (κ3) is 5.31. The first-order chi connectivity index (χ1) is 10.5. The molecular weight excluding hydrogens is 278 g/mol. The largest absolute Gasteiger partial charge is 0.492 e. The molecule has 0 radical (unpaired) electrons. The Hall–Kier alpha value is -1.59. The molecule has 5 nitrogen and oxygen atoms in total. The molecule has 0 spiro atoms. The van der Waals surface area contributed by atoms with E-state index >= 15 is 0 Å². The first kappa shape index (κ1) is 16.8. The lowest BCUT2D eigenvalue weighted by atomic mass is 9.92. The Kier molecular flexibility index (Phi) is 6.21. The molecule has 2 rings (SSSR count). The molecule has 1 saturated heterocycles. The summed E-state index contributed by atoms with van der Waals surface area (Å²) < 4.78 is 5.64. The Morgan fingerprint density at radius 3 is 2.73 bits per heavy atom. The van der Waals surface area contributed by atoms with E-state index in [9.17, 15) is 4.79 Å². The number of amides is 1. The lowest BCUT2D eigenvalue weighted by molar-refractivity contribution is -0.120. The second-order valence-electron chi connectivity index (χ2n) is 6.24. The first-order valence-electron chi connectivity index (χ1n) is 7.96. The summed E-state index contributed by atoms with van der Waals surface area (Å²) in [6.07, 6.45) is 1.81. The van der Waals surface area contributed by atoms with Crippen LogP contribution < -0.4 is 15.4 Å². The highest BCUT2D eigenvalue weighted by atomic mass is 16.5. The van der Waals surface area contributed by atoms with Crippen molar-refractivity contribution in [3.8, 4) is 5.75 Å². The number of carbonyl (C=O) groups is 1. The van der Waals surface area contributed by atoms with E-state index < -0.39 is 0 Å². The van der Waals surface area contributed by atoms with E-state index in [0.717, 1.165) is 37.4 Å². The maximum atomic E-state index is 12.3. The predicted molar refractivity (Wildman–Crippen MR) is 89.3 cm³/mol. The molecule has 0 bridgehead atoms. The van der Waals surface area contributed by atoms with Crippen LogP contribution in [0.15, 0.2) is 24.3 Å². The first-order valence-corrected chi connectivity index (χ1v) is 7.96. The van der Waals surface area contributed by atoms with Crippen LogP contribution in [0.5, 0.6) is 5.75 Å². The standard InChI is InChI=1S/C17H27N3O2/c1-13-12-14(8-9-18-13)17(21)19-15-4-6-16(7-5-15)22-11-10-20(2)3/h4-7,13-14,18H,8-12H2,1-3H3,(H,19,21)/t13-,14-/m0/s1. The number of hydrogen-bond donors (Lipinski definition) is 2. The van der Waals surface area contributed by atoms with Gasteiger partial charge < -0.3 is 20.3 Å². The van der Waals surface area contributed by atoms with Crippen LogP contribution >= 0.6 is 0 Å². The fourth-order valence-corrected chi connectivity index (χ4v) is 2.59. The number of ether oxygens (including phenoxy) is 1. The van der Waals surface area contributed by atoms with Crippen molar-refractivity contribution in [3.05, 3.63) is 24.3 Å². The van der Waals surface area contributed by atoms with Crippen LogP contribution in [0.3, 0.4) is 0 Å². The number of anilines is 1. The zero-order chi connectivity index (χ0) is 15.9. The number of rotatable bonds is 6. The molecule has 0 unspecified atom stereocenters. The van der Waals surface area contributed by atoms with Crippen molar-refractivity contribution >= 4 is 11.6 Å². The molecule has 1 amide bonds. The van der Waals surface area contributed by atoms with Crippen molar-refractivity contribution in [2.24, 2.45) is 5.92 Å². The summed E-state index contributed by atoms with van der Waals surface area (Å²) >= 11 is 0. The van der Waals surface area contributed by atoms with Gasteiger partial charge in [0, 0.05) is 24.2 Å². The van der Waals surface area contributed by atoms with Crippen molar-refractivity contribution in [1.82, 2.24) is 10.2 Å². The van der Waals surface area contributed by atoms with Gasteiger partial charge in [0.05, 0.1) is 0 Å². The summed E-state index contributed by atoms with van der Waals surface area (Å²) in [7, 11) is 4.03. The summed E-state index contributed by atoms with van der Waals surface area (Å²) in [5.41, 5.74) is 0.830. The van der Waals surface area contributed by atoms with Crippen molar-refractivity contribution in [2.75, 3.05) is 39.1 Å². The minimum absolute atomic E-state index is 0.104. The van der Waals surface area contributed by atoms with Crippen LogP contribution in [0, 0.1) is 5.92 Å². The van der Waals surface area contributed by atoms with Crippen molar-refractivity contribution < 1.29 is 9.53 Å². The third-order valence-electron chi connectivity index (χ3n) is 3.92. The molecule has 0 saturated carbocycles. The quantitative estimate of drug-likeness (QED) is 0.843. The number of piperidine rings is 1. The van der Waals surface area contributed by atoms with E-state index in [1.165, 1.54) is 0 Å². The normalized spacial score (nSPS) is 21.6. The zero-order valence-corrected chi connectivity index (χ0v) is 13.8. The van der Waals surface area contributed by atoms with E-state index in [1.807, 2.05) is 38.4 Å². The maximum Gasteiger partial charge on any atom is 0.227 e. The van der Waals surface area contributed by atoms with Gasteiger partial charge in [0.25, 0.3) is 0 Å². The summed E-state index contributed by atoms with van der Waals surface area (Å²) in [6, 6.07) is 8.00. The van der Waals surface area contributed by atoms with Crippen LogP contribution in [0.25, 0.3) is 0 Å². The summed E-state index contributed by atoms with van der Waals surface area (Å²) in [6.45, 7) is 4.58. The average Bonchev–Trinajstić information content (AvgIpc) is 2.48. The fourth-order valence-electron chi connectivity index (χ4n) is 2.59. The lowest BCUT2D eigenvalue weighted by Crippen LogP contribution is -2.40. The third-order valence-corrected chi connectivity index (χ3v) is 3.92. The molecule has 2 atom stereocenters. The highest BCUT2D eigenvalue weighted by molar-refractivity contribution is 5.92. The highest BCUT2D eigenvalue weighted by Gasteiger charge is 2.24. The fraction of sp³-hybridized carbons (Fsp3) is 0.588. The zero-order valence-electron chi connectivity index (χ0n) is 13.8. The van der Waals surface area contributed by atoms with E-state index in [-0.39, 0.29) is 11.8 Å². The monoisotopic (exact) mass is 305 g/mol. The second-order valence-corrected chi connectivity index (χ2v) is 6.24. The smallest absolute Gasteiger partial charge is 0.227 e. The highest BCUT2D eigenvalue weighted by Crippen LogP contribution is 2.20. The minimum atomic E-state index is 0.104. The number of carbonyl (C=O) groups excluding carboxylic acids is 1. The van der Waals surface area contributed by atoms with E-state index in [4.69, 9.17) is 4.74 Å². The molecule has 0 aromatic heterocycles. The van der Waals surface area contributed by atoms with Gasteiger partial charge in [-0.3, -0.25) is 4.79 Å². The molecule has 1 heterocycles. The molecule has 0 aliphatic carbocycles. The van der Waals surface area contributed by atoms with E-state index in [0.29, 0.717) is 12.6 Å². The number of likely N-dealkylation sites (N-methyl/N-ethyl adjacent to an activating group) is 1. The number of benzene rings is 1. The van der Waals surface area contributed by atoms with Gasteiger partial charge in [-0.25, -0.2) is 0 Å². The Bertz CT molecular complexity index is 473. The van der Waals surface area contributed by atoms with Crippen molar-refractivity contribution in [2.45, 2.75) is 25.8 Å². The van der Waals surface area contributed by atoms with Crippen molar-refractivity contribution in [3.63, 3.8) is 0 Å². The molecule has 1 aromatic carbocycles. The number of nitrogens with zero attached hydrogens (tertiary/aromatic N) is 1. The van der Waals surface area contributed by atoms with Gasteiger partial charge >= 0.3 is 0 Å². The van der Waals surface area contributed by atoms with Crippen LogP contribution in [-0.4, -0.2) is 50.6 Å². The molecule has 5 heteroatoms. The summed E-state index contributed by atoms with van der Waals surface area (Å²) in [5, 5.41) is 6.37. The van der Waals surface area contributed by atoms with Gasteiger partial charge in [0.2, 0.25) is 5.91 Å². The molecular formula is C17H27N3O2. The molecule has 122 valence electrons. The molecule has 1 aromatic rings. The van der Waals surface area contributed by atoms with Crippen molar-refractivity contribution in [1.29, 1.82) is 0 Å². The molecule has 1 aliphatic rings. The lowest BCUT2D eigenvalue weighted by Gasteiger charge is -2.27. The molecule has 22 heavy (non-hydrogen) atoms. The van der Waals surface area contributed by atoms with Crippen LogP contribution in [-0.2, 0) is 4.79 Å². The maximum absolute atomic E-state index is 12.3. The van der Waals surface area contributed by atoms with E-state index in [1.54, 1.807) is 0 Å². The molecule has 1 aliphatic heterocycles. The Balaban J connectivity index is 1.81. The molecule has 1 fully saturated rings. The Labute approximate surface area is 133 Å². The van der Waals surface area contributed by atoms with Gasteiger partial charge in [-0.15, -0.1) is 0 Å². The Morgan fingerprint density at radius 1 is 1.36 bits per heavy atom. The SMILES string of the molecule is C[C@H]1C[C@@H](C(=O)Nc2ccc(OCCN(C)C)cc2)CCN1. The molecule has 2 N–H and O–H groups in total. The van der Waals surface area contributed by atoms with Gasteiger partial charge in [-0.2, -0.15) is 0 Å². The topological polar surface area (TPSA) is 53.6 Å². The van der Waals surface area contributed by atoms with Crippen LogP contribution in [0.4, 0.5) is 5.69 Å². The van der Waals surface area contributed by atoms with Crippen LogP contribution in [0.2, 0.25) is 0 Å². The summed E-state index contributed by atoms with van der Waals surface area (Å²) in [4.78, 5) is 14.3. The van der Waals surface area contributed by atoms with Gasteiger partial charge in [-0.1, -0.05) is 0 Å². The van der Waals surface area contributed by atoms with E-state index in [2.05, 4.69) is 22.5 Å². The Morgan fingerprint density at radius 2 is 2.09 bits per heavy atom. The second kappa shape index (κ2) is 8.15. The predicted octanol–water partition coefficient (Wildman–Crippen LogP) is 1.95. The van der Waals surface area contributed by atoms with Gasteiger partial charge in [0.15, 0.2) is 0 Å². The number of hydrogen-bond acceptors (Lipinski definition) is 4. The van der Waals surface area contributed by atoms with Crippen LogP contribution in [0.1, 0.15) is 19.8 Å². The average molecular weight is 305 g/mol. The minimum Gasteiger partial charge on any atom is -0.492 e.